The fraction of sp³-hybridized carbons (Fsp3) is 0.593. The maximum Gasteiger partial charge on any atom is 0.375 e. The second-order valence-corrected chi connectivity index (χ2v) is 12.0. The van der Waals surface area contributed by atoms with Crippen molar-refractivity contribution < 1.29 is 41.8 Å². The number of rotatable bonds is 4. The third-order valence-corrected chi connectivity index (χ3v) is 10.3. The van der Waals surface area contributed by atoms with Gasteiger partial charge in [-0.2, -0.15) is 0 Å². The van der Waals surface area contributed by atoms with Crippen LogP contribution in [0.4, 0.5) is 13.2 Å². The molecule has 5 rings (SSSR count). The van der Waals surface area contributed by atoms with Gasteiger partial charge in [-0.3, -0.25) is 9.59 Å². The lowest BCUT2D eigenvalue weighted by atomic mass is 9.44. The number of allylic oxidation sites excluding steroid dienone is 4. The first-order valence-electron chi connectivity index (χ1n) is 12.3. The van der Waals surface area contributed by atoms with Crippen LogP contribution in [-0.2, 0) is 14.3 Å². The summed E-state index contributed by atoms with van der Waals surface area (Å²) in [6, 6.07) is 1.78. The van der Waals surface area contributed by atoms with Gasteiger partial charge < -0.3 is 14.3 Å². The maximum absolute atomic E-state index is 17.4. The molecule has 3 saturated carbocycles. The topological polar surface area (TPSA) is 93.8 Å². The van der Waals surface area contributed by atoms with Crippen LogP contribution in [0.2, 0.25) is 0 Å². The van der Waals surface area contributed by atoms with E-state index in [1.807, 2.05) is 0 Å². The highest BCUT2D eigenvalue weighted by molar-refractivity contribution is 8.13. The number of ketones is 1. The molecule has 200 valence electrons. The summed E-state index contributed by atoms with van der Waals surface area (Å²) in [6.07, 6.45) is 1.16. The highest BCUT2D eigenvalue weighted by Gasteiger charge is 2.78. The molecule has 4 aliphatic carbocycles. The highest BCUT2D eigenvalue weighted by atomic mass is 32.2. The van der Waals surface area contributed by atoms with E-state index >= 15 is 8.78 Å². The van der Waals surface area contributed by atoms with E-state index in [1.54, 1.807) is 13.8 Å². The molecule has 3 fully saturated rings. The molecule has 0 aromatic carbocycles. The number of furan rings is 1. The fourth-order valence-corrected chi connectivity index (χ4v) is 8.76. The Morgan fingerprint density at radius 2 is 2.00 bits per heavy atom. The van der Waals surface area contributed by atoms with Crippen molar-refractivity contribution in [2.75, 3.05) is 6.01 Å². The van der Waals surface area contributed by atoms with Crippen LogP contribution in [0.5, 0.6) is 0 Å². The van der Waals surface area contributed by atoms with Crippen molar-refractivity contribution in [3.8, 4) is 0 Å². The van der Waals surface area contributed by atoms with Gasteiger partial charge in [0.1, 0.15) is 12.2 Å². The summed E-state index contributed by atoms with van der Waals surface area (Å²) < 4.78 is 57.5. The number of carbonyl (C=O) groups excluding carboxylic acids is 3. The molecule has 10 heteroatoms. The Bertz CT molecular complexity index is 1200. The van der Waals surface area contributed by atoms with E-state index in [0.717, 1.165) is 6.08 Å². The average Bonchev–Trinajstić information content (AvgIpc) is 3.45. The van der Waals surface area contributed by atoms with Crippen LogP contribution < -0.4 is 0 Å². The van der Waals surface area contributed by atoms with Crippen molar-refractivity contribution in [1.29, 1.82) is 0 Å². The van der Waals surface area contributed by atoms with Gasteiger partial charge in [-0.15, -0.1) is 0 Å². The largest absolute Gasteiger partial charge is 0.457 e. The van der Waals surface area contributed by atoms with Crippen LogP contribution >= 0.6 is 11.8 Å². The predicted molar refractivity (Wildman–Crippen MR) is 129 cm³/mol. The smallest absolute Gasteiger partial charge is 0.375 e. The number of ether oxygens (including phenoxy) is 1. The van der Waals surface area contributed by atoms with E-state index in [2.05, 4.69) is 0 Å². The third-order valence-electron chi connectivity index (χ3n) is 9.63. The lowest BCUT2D eigenvalue weighted by Crippen LogP contribution is -2.70. The molecular formula is C27H29F3O6S. The van der Waals surface area contributed by atoms with Crippen LogP contribution in [0, 0.1) is 28.6 Å². The number of aliphatic hydroxyl groups excluding tert-OH is 1. The molecule has 0 radical (unpaired) electrons. The molecule has 1 N–H and O–H groups in total. The van der Waals surface area contributed by atoms with Gasteiger partial charge in [0.25, 0.3) is 0 Å². The van der Waals surface area contributed by atoms with Gasteiger partial charge >= 0.3 is 5.97 Å². The average molecular weight is 539 g/mol. The molecule has 0 aliphatic heterocycles. The fourth-order valence-electron chi connectivity index (χ4n) is 7.97. The van der Waals surface area contributed by atoms with Crippen LogP contribution in [0.3, 0.4) is 0 Å². The zero-order valence-corrected chi connectivity index (χ0v) is 21.5. The summed E-state index contributed by atoms with van der Waals surface area (Å²) in [5.41, 5.74) is -7.19. The molecule has 1 heterocycles. The van der Waals surface area contributed by atoms with E-state index in [0.29, 0.717) is 11.8 Å². The van der Waals surface area contributed by atoms with Crippen LogP contribution in [0.1, 0.15) is 50.6 Å². The molecule has 1 aromatic heterocycles. The Kier molecular flexibility index (Phi) is 6.10. The summed E-state index contributed by atoms with van der Waals surface area (Å²) in [4.78, 5) is 38.7. The third kappa shape index (κ3) is 3.27. The van der Waals surface area contributed by atoms with Crippen LogP contribution in [-0.4, -0.2) is 51.5 Å². The molecule has 9 atom stereocenters. The first kappa shape index (κ1) is 26.3. The molecule has 0 amide bonds. The molecule has 0 bridgehead atoms. The zero-order valence-electron chi connectivity index (χ0n) is 20.7. The minimum Gasteiger partial charge on any atom is -0.457 e. The Morgan fingerprint density at radius 1 is 1.27 bits per heavy atom. The van der Waals surface area contributed by atoms with Crippen LogP contribution in [0.15, 0.2) is 46.6 Å². The van der Waals surface area contributed by atoms with E-state index < -0.39 is 75.0 Å². The molecule has 37 heavy (non-hydrogen) atoms. The number of halogens is 3. The zero-order chi connectivity index (χ0) is 27.0. The number of alkyl halides is 3. The Morgan fingerprint density at radius 3 is 2.65 bits per heavy atom. The first-order chi connectivity index (χ1) is 17.4. The van der Waals surface area contributed by atoms with Gasteiger partial charge in [0.2, 0.25) is 10.9 Å². The van der Waals surface area contributed by atoms with Gasteiger partial charge in [0.15, 0.2) is 17.1 Å². The van der Waals surface area contributed by atoms with Gasteiger partial charge in [0.05, 0.1) is 12.4 Å². The summed E-state index contributed by atoms with van der Waals surface area (Å²) in [6.45, 7) is 4.79. The van der Waals surface area contributed by atoms with E-state index in [9.17, 15) is 23.9 Å². The lowest BCUT2D eigenvalue weighted by molar-refractivity contribution is -0.221. The molecule has 2 unspecified atom stereocenters. The van der Waals surface area contributed by atoms with Crippen molar-refractivity contribution in [2.45, 2.75) is 63.6 Å². The minimum atomic E-state index is -2.35. The number of hydrogen-bond donors (Lipinski definition) is 1. The van der Waals surface area contributed by atoms with Crippen molar-refractivity contribution in [1.82, 2.24) is 0 Å². The summed E-state index contributed by atoms with van der Waals surface area (Å²) in [5.74, 6) is -3.98. The number of aliphatic hydroxyl groups is 1. The maximum atomic E-state index is 17.4. The van der Waals surface area contributed by atoms with E-state index in [-0.39, 0.29) is 30.6 Å². The van der Waals surface area contributed by atoms with Gasteiger partial charge in [-0.1, -0.05) is 19.9 Å². The normalized spacial score (nSPS) is 44.5. The van der Waals surface area contributed by atoms with Gasteiger partial charge in [-0.05, 0) is 73.7 Å². The van der Waals surface area contributed by atoms with Crippen molar-refractivity contribution in [3.05, 3.63) is 48.0 Å². The Hall–Kier alpha value is -2.33. The van der Waals surface area contributed by atoms with Crippen molar-refractivity contribution in [3.63, 3.8) is 0 Å². The Labute approximate surface area is 216 Å². The number of thioether (sulfide) groups is 1. The molecule has 4 aliphatic rings. The van der Waals surface area contributed by atoms with E-state index in [4.69, 9.17) is 9.15 Å². The van der Waals surface area contributed by atoms with Crippen molar-refractivity contribution >= 4 is 28.6 Å². The first-order valence-corrected chi connectivity index (χ1v) is 13.3. The molecule has 0 spiro atoms. The van der Waals surface area contributed by atoms with Crippen molar-refractivity contribution in [2.24, 2.45) is 28.6 Å². The highest BCUT2D eigenvalue weighted by Crippen LogP contribution is 2.72. The monoisotopic (exact) mass is 538 g/mol. The SMILES string of the molecule is C[C@@H]1CC2C3C[C@@H](F)C4=CC(=O)C=C[C@]4(C)[C@]3(F)[C@@H](O)C[C@]2(C)[C@@]1(OC(=O)c1ccco1)C(=O)SCF. The summed E-state index contributed by atoms with van der Waals surface area (Å²) in [5, 5.41) is 10.7. The Balaban J connectivity index is 1.64. The standard InChI is InChI=1S/C27H29F3O6S/c1-14-9-16-17-11-19(29)18-10-15(31)6-7-24(18,2)26(17,30)21(32)12-25(16,3)27(14,23(34)37-13-28)36-22(33)20-5-4-8-35-20/h4-8,10,14,16-17,19,21,32H,9,11-13H2,1-3H3/t14-,16?,17?,19-,21+,24+,25+,26-,27+/m1/s1. The van der Waals surface area contributed by atoms with Crippen LogP contribution in [0.25, 0.3) is 0 Å². The summed E-state index contributed by atoms with van der Waals surface area (Å²) >= 11 is 0.352. The second-order valence-electron chi connectivity index (χ2n) is 11.1. The lowest BCUT2D eigenvalue weighted by Gasteiger charge is -2.63. The number of carbonyl (C=O) groups is 3. The molecular weight excluding hydrogens is 509 g/mol. The van der Waals surface area contributed by atoms with E-state index in [1.165, 1.54) is 37.5 Å². The van der Waals surface area contributed by atoms with Gasteiger partial charge in [-0.25, -0.2) is 18.0 Å². The predicted octanol–water partition coefficient (Wildman–Crippen LogP) is 4.93. The summed E-state index contributed by atoms with van der Waals surface area (Å²) in [7, 11) is 0. The van der Waals surface area contributed by atoms with Gasteiger partial charge in [0, 0.05) is 22.7 Å². The number of fused-ring (bicyclic) bond motifs is 5. The molecule has 6 nitrogen and oxygen atoms in total. The molecule has 1 aromatic rings. The minimum absolute atomic E-state index is 0.00739. The number of esters is 1. The second kappa shape index (κ2) is 8.59. The molecule has 0 saturated heterocycles. The quantitative estimate of drug-likeness (QED) is 0.544. The number of hydrogen-bond acceptors (Lipinski definition) is 7.